The van der Waals surface area contributed by atoms with Crippen molar-refractivity contribution in [3.05, 3.63) is 65.2 Å². The number of ether oxygens (including phenoxy) is 2. The molecule has 0 atom stereocenters. The highest BCUT2D eigenvalue weighted by Gasteiger charge is 2.42. The van der Waals surface area contributed by atoms with Gasteiger partial charge in [0.05, 0.1) is 18.4 Å². The Labute approximate surface area is 182 Å². The van der Waals surface area contributed by atoms with Gasteiger partial charge in [-0.15, -0.1) is 11.3 Å². The number of rotatable bonds is 7. The molecule has 3 aromatic rings. The summed E-state index contributed by atoms with van der Waals surface area (Å²) < 4.78 is 35.7. The highest BCUT2D eigenvalue weighted by atomic mass is 32.2. The van der Waals surface area contributed by atoms with E-state index in [1.54, 1.807) is 18.6 Å². The molecule has 1 aromatic heterocycles. The molecule has 0 aliphatic carbocycles. The molecule has 1 amide bonds. The Bertz CT molecular complexity index is 1240. The van der Waals surface area contributed by atoms with E-state index >= 15 is 0 Å². The molecule has 1 N–H and O–H groups in total. The molecule has 11 heteroatoms. The first kappa shape index (κ1) is 20.8. The number of carbonyl (C=O) groups is 2. The monoisotopic (exact) mass is 459 g/mol. The standard InChI is InChI=1S/C20H17N3O6S2/c1-28-15-8-6-13(7-9-15)21-20-22-14(12-30-20)11-29-18(24)10-23-19(25)16-4-2-3-5-17(16)31(23,26)27/h2-9,12H,10-11H2,1H3,(H,21,22). The summed E-state index contributed by atoms with van der Waals surface area (Å²) in [6.45, 7) is -0.842. The number of nitrogens with one attached hydrogen (secondary N) is 1. The van der Waals surface area contributed by atoms with Crippen LogP contribution < -0.4 is 10.1 Å². The maximum Gasteiger partial charge on any atom is 0.327 e. The molecule has 0 spiro atoms. The van der Waals surface area contributed by atoms with Gasteiger partial charge in [-0.1, -0.05) is 12.1 Å². The van der Waals surface area contributed by atoms with Crippen molar-refractivity contribution in [1.82, 2.24) is 9.29 Å². The van der Waals surface area contributed by atoms with E-state index in [0.29, 0.717) is 15.1 Å². The number of carbonyl (C=O) groups excluding carboxylic acids is 2. The summed E-state index contributed by atoms with van der Waals surface area (Å²) in [7, 11) is -2.47. The fraction of sp³-hybridized carbons (Fsp3) is 0.150. The average Bonchev–Trinajstić information content (AvgIpc) is 3.29. The summed E-state index contributed by atoms with van der Waals surface area (Å²) in [5.41, 5.74) is 1.35. The topological polar surface area (TPSA) is 115 Å². The van der Waals surface area contributed by atoms with E-state index in [4.69, 9.17) is 9.47 Å². The second-order valence-electron chi connectivity index (χ2n) is 6.47. The molecule has 0 bridgehead atoms. The van der Waals surface area contributed by atoms with Crippen molar-refractivity contribution in [3.8, 4) is 5.75 Å². The lowest BCUT2D eigenvalue weighted by atomic mass is 10.2. The van der Waals surface area contributed by atoms with E-state index < -0.39 is 28.4 Å². The Morgan fingerprint density at radius 1 is 1.16 bits per heavy atom. The number of amides is 1. The zero-order valence-corrected chi connectivity index (χ0v) is 17.9. The fourth-order valence-corrected chi connectivity index (χ4v) is 5.16. The van der Waals surface area contributed by atoms with Gasteiger partial charge in [0.1, 0.15) is 23.8 Å². The predicted octanol–water partition coefficient (Wildman–Crippen LogP) is 2.78. The molecule has 0 unspecified atom stereocenters. The second kappa shape index (κ2) is 8.36. The van der Waals surface area contributed by atoms with E-state index in [1.807, 2.05) is 24.3 Å². The minimum atomic E-state index is -4.06. The lowest BCUT2D eigenvalue weighted by Crippen LogP contribution is -2.35. The van der Waals surface area contributed by atoms with Crippen LogP contribution in [0, 0.1) is 0 Å². The summed E-state index contributed by atoms with van der Waals surface area (Å²) in [4.78, 5) is 28.8. The van der Waals surface area contributed by atoms with Gasteiger partial charge in [-0.2, -0.15) is 0 Å². The average molecular weight is 460 g/mol. The SMILES string of the molecule is COc1ccc(Nc2nc(COC(=O)CN3C(=O)c4ccccc4S3(=O)=O)cs2)cc1. The third kappa shape index (κ3) is 4.23. The molecular formula is C20H17N3O6S2. The van der Waals surface area contributed by atoms with Gasteiger partial charge in [0, 0.05) is 11.1 Å². The Morgan fingerprint density at radius 3 is 2.61 bits per heavy atom. The molecule has 2 aromatic carbocycles. The number of esters is 1. The molecule has 4 rings (SSSR count). The molecule has 0 saturated heterocycles. The van der Waals surface area contributed by atoms with Crippen molar-refractivity contribution < 1.29 is 27.5 Å². The minimum absolute atomic E-state index is 0.0454. The molecule has 9 nitrogen and oxygen atoms in total. The van der Waals surface area contributed by atoms with Crippen LogP contribution in [0.25, 0.3) is 0 Å². The second-order valence-corrected chi connectivity index (χ2v) is 9.16. The van der Waals surface area contributed by atoms with Gasteiger partial charge in [-0.05, 0) is 36.4 Å². The Morgan fingerprint density at radius 2 is 1.90 bits per heavy atom. The van der Waals surface area contributed by atoms with Crippen LogP contribution in [0.5, 0.6) is 5.75 Å². The number of methoxy groups -OCH3 is 1. The van der Waals surface area contributed by atoms with Crippen LogP contribution in [-0.2, 0) is 26.2 Å². The van der Waals surface area contributed by atoms with Crippen LogP contribution in [0.4, 0.5) is 10.8 Å². The van der Waals surface area contributed by atoms with E-state index in [2.05, 4.69) is 10.3 Å². The summed E-state index contributed by atoms with van der Waals surface area (Å²) in [5.74, 6) is -0.853. The van der Waals surface area contributed by atoms with E-state index in [-0.39, 0.29) is 17.1 Å². The van der Waals surface area contributed by atoms with Crippen molar-refractivity contribution in [2.24, 2.45) is 0 Å². The number of benzene rings is 2. The predicted molar refractivity (Wildman–Crippen MR) is 113 cm³/mol. The number of hydrogen-bond acceptors (Lipinski definition) is 9. The highest BCUT2D eigenvalue weighted by molar-refractivity contribution is 7.90. The number of hydrogen-bond donors (Lipinski definition) is 1. The molecule has 31 heavy (non-hydrogen) atoms. The molecule has 2 heterocycles. The largest absolute Gasteiger partial charge is 0.497 e. The Hall–Kier alpha value is -3.44. The molecule has 1 aliphatic heterocycles. The lowest BCUT2D eigenvalue weighted by molar-refractivity contribution is -0.144. The van der Waals surface area contributed by atoms with Gasteiger partial charge < -0.3 is 14.8 Å². The molecule has 160 valence electrons. The van der Waals surface area contributed by atoms with Gasteiger partial charge in [-0.3, -0.25) is 9.59 Å². The molecular weight excluding hydrogens is 442 g/mol. The quantitative estimate of drug-likeness (QED) is 0.537. The fourth-order valence-electron chi connectivity index (χ4n) is 2.93. The van der Waals surface area contributed by atoms with Crippen molar-refractivity contribution >= 4 is 44.1 Å². The third-order valence-electron chi connectivity index (χ3n) is 4.46. The summed E-state index contributed by atoms with van der Waals surface area (Å²) in [5, 5.41) is 5.44. The van der Waals surface area contributed by atoms with Crippen molar-refractivity contribution in [3.63, 3.8) is 0 Å². The summed E-state index contributed by atoms with van der Waals surface area (Å²) in [6.07, 6.45) is 0. The highest BCUT2D eigenvalue weighted by Crippen LogP contribution is 2.29. The van der Waals surface area contributed by atoms with E-state index in [9.17, 15) is 18.0 Å². The van der Waals surface area contributed by atoms with Crippen LogP contribution in [0.2, 0.25) is 0 Å². The van der Waals surface area contributed by atoms with E-state index in [0.717, 1.165) is 11.4 Å². The van der Waals surface area contributed by atoms with Gasteiger partial charge in [0.15, 0.2) is 5.13 Å². The molecule has 0 radical (unpaired) electrons. The normalized spacial score (nSPS) is 14.2. The molecule has 0 saturated carbocycles. The molecule has 0 fully saturated rings. The van der Waals surface area contributed by atoms with Gasteiger partial charge in [-0.25, -0.2) is 17.7 Å². The Kier molecular flexibility index (Phi) is 5.61. The van der Waals surface area contributed by atoms with Crippen LogP contribution in [0.1, 0.15) is 16.1 Å². The maximum atomic E-state index is 12.5. The van der Waals surface area contributed by atoms with Gasteiger partial charge in [0.25, 0.3) is 15.9 Å². The van der Waals surface area contributed by atoms with Crippen molar-refractivity contribution in [2.45, 2.75) is 11.5 Å². The van der Waals surface area contributed by atoms with Crippen LogP contribution >= 0.6 is 11.3 Å². The maximum absolute atomic E-state index is 12.5. The molecule has 1 aliphatic rings. The van der Waals surface area contributed by atoms with Crippen LogP contribution in [-0.4, -0.2) is 43.2 Å². The first-order valence-corrected chi connectivity index (χ1v) is 11.4. The Balaban J connectivity index is 1.34. The lowest BCUT2D eigenvalue weighted by Gasteiger charge is -2.13. The van der Waals surface area contributed by atoms with Crippen LogP contribution in [0.3, 0.4) is 0 Å². The smallest absolute Gasteiger partial charge is 0.327 e. The van der Waals surface area contributed by atoms with E-state index in [1.165, 1.54) is 29.5 Å². The first-order valence-electron chi connectivity index (χ1n) is 9.05. The van der Waals surface area contributed by atoms with Gasteiger partial charge in [0.2, 0.25) is 0 Å². The number of sulfonamides is 1. The zero-order valence-electron chi connectivity index (χ0n) is 16.3. The van der Waals surface area contributed by atoms with Crippen molar-refractivity contribution in [1.29, 1.82) is 0 Å². The number of aromatic nitrogens is 1. The minimum Gasteiger partial charge on any atom is -0.497 e. The number of thiazole rings is 1. The number of fused-ring (bicyclic) bond motifs is 1. The first-order chi connectivity index (χ1) is 14.9. The summed E-state index contributed by atoms with van der Waals surface area (Å²) in [6, 6.07) is 13.1. The summed E-state index contributed by atoms with van der Waals surface area (Å²) >= 11 is 1.33. The third-order valence-corrected chi connectivity index (χ3v) is 7.05. The number of nitrogens with zero attached hydrogens (tertiary/aromatic N) is 2. The van der Waals surface area contributed by atoms with Gasteiger partial charge >= 0.3 is 5.97 Å². The number of anilines is 2. The zero-order chi connectivity index (χ0) is 22.0. The van der Waals surface area contributed by atoms with Crippen LogP contribution in [0.15, 0.2) is 58.8 Å². The van der Waals surface area contributed by atoms with Crippen molar-refractivity contribution in [2.75, 3.05) is 19.0 Å².